The maximum absolute atomic E-state index is 13.5. The molecule has 5 heterocycles. The second-order valence-corrected chi connectivity index (χ2v) is 24.3. The number of hydrogen-bond donors (Lipinski definition) is 0. The third-order valence-electron chi connectivity index (χ3n) is 18.6. The highest BCUT2D eigenvalue weighted by molar-refractivity contribution is 7.00. The minimum Gasteiger partial charge on any atom is -0.423 e. The van der Waals surface area contributed by atoms with Gasteiger partial charge in [-0.3, -0.25) is 0 Å². The van der Waals surface area contributed by atoms with Crippen LogP contribution in [0, 0.1) is 0 Å². The molecule has 10 nitrogen and oxygen atoms in total. The van der Waals surface area contributed by atoms with Crippen molar-refractivity contribution in [1.29, 1.82) is 0 Å². The number of carbonyl (C=O) groups is 1. The maximum atomic E-state index is 13.5. The van der Waals surface area contributed by atoms with E-state index in [1.807, 2.05) is 115 Å². The van der Waals surface area contributed by atoms with E-state index < -0.39 is 5.97 Å². The van der Waals surface area contributed by atoms with Gasteiger partial charge in [0.25, 0.3) is 6.71 Å². The molecule has 18 rings (SSSR count). The van der Waals surface area contributed by atoms with E-state index in [2.05, 4.69) is 221 Å². The van der Waals surface area contributed by atoms with Gasteiger partial charge in [-0.2, -0.15) is 0 Å². The molecule has 2 aliphatic rings. The summed E-state index contributed by atoms with van der Waals surface area (Å²) in [5, 5.41) is 1.87. The summed E-state index contributed by atoms with van der Waals surface area (Å²) in [6.07, 6.45) is 0. The number of esters is 1. The number of carbonyl (C=O) groups excluding carboxylic acids is 1. The third-order valence-corrected chi connectivity index (χ3v) is 18.6. The monoisotopic (exact) mass is 1240 g/mol. The summed E-state index contributed by atoms with van der Waals surface area (Å²) < 4.78 is 8.28. The van der Waals surface area contributed by atoms with E-state index in [0.717, 1.165) is 101 Å². The standard InChI is InChI=1S/C86H55BN8O2/c96-86(62-29-12-4-13-30-62)97-66-50-52-75-68(54-66)67-33-16-19-36-74(67)95(75)76-51-47-63(84-88-72(58-23-6-1-7-24-58)55-73(89-84)59-25-8-2-9-26-59)53-69(76)85-91-82(60-27-10-3-11-28-60)90-83(92-85)61-43-41-56(42-44-61)57-45-48-65(49-46-57)94-78-38-21-18-35-71(78)87-70-34-17-20-37-77(70)93(64-31-14-5-15-32-64)79-39-22-40-80(94)81(79)87/h1-55H. The summed E-state index contributed by atoms with van der Waals surface area (Å²) in [6, 6.07) is 115. The Morgan fingerprint density at radius 3 is 1.38 bits per heavy atom. The molecule has 0 bridgehead atoms. The van der Waals surface area contributed by atoms with E-state index in [1.165, 1.54) is 27.8 Å². The van der Waals surface area contributed by atoms with E-state index in [9.17, 15) is 4.79 Å². The zero-order valence-corrected chi connectivity index (χ0v) is 52.2. The van der Waals surface area contributed by atoms with Crippen LogP contribution in [-0.2, 0) is 0 Å². The number of para-hydroxylation sites is 4. The van der Waals surface area contributed by atoms with Crippen molar-refractivity contribution in [3.05, 3.63) is 339 Å². The van der Waals surface area contributed by atoms with Gasteiger partial charge in [0.15, 0.2) is 23.3 Å². The molecule has 0 atom stereocenters. The van der Waals surface area contributed by atoms with Crippen LogP contribution in [0.4, 0.5) is 34.1 Å². The van der Waals surface area contributed by atoms with Crippen molar-refractivity contribution in [3.8, 4) is 90.6 Å². The molecule has 0 fully saturated rings. The summed E-state index contributed by atoms with van der Waals surface area (Å²) >= 11 is 0. The molecule has 0 N–H and O–H groups in total. The van der Waals surface area contributed by atoms with Crippen LogP contribution < -0.4 is 30.9 Å². The van der Waals surface area contributed by atoms with E-state index in [4.69, 9.17) is 29.7 Å². The summed E-state index contributed by atoms with van der Waals surface area (Å²) in [5.41, 5.74) is 22.6. The van der Waals surface area contributed by atoms with Crippen LogP contribution in [0.25, 0.3) is 107 Å². The molecule has 0 unspecified atom stereocenters. The Kier molecular flexibility index (Phi) is 13.9. The average Bonchev–Trinajstić information content (AvgIpc) is 1.16. The lowest BCUT2D eigenvalue weighted by Gasteiger charge is -2.44. The van der Waals surface area contributed by atoms with Gasteiger partial charge in [-0.25, -0.2) is 29.7 Å². The van der Waals surface area contributed by atoms with E-state index in [1.54, 1.807) is 12.1 Å². The van der Waals surface area contributed by atoms with Gasteiger partial charge in [0.05, 0.1) is 33.7 Å². The number of fused-ring (bicyclic) bond motifs is 7. The molecule has 0 saturated heterocycles. The van der Waals surface area contributed by atoms with Gasteiger partial charge in [-0.15, -0.1) is 0 Å². The van der Waals surface area contributed by atoms with Gasteiger partial charge in [0, 0.05) is 78.3 Å². The first-order valence-corrected chi connectivity index (χ1v) is 32.5. The number of aromatic nitrogens is 6. The lowest BCUT2D eigenvalue weighted by Crippen LogP contribution is -2.61. The first kappa shape index (κ1) is 56.6. The normalized spacial score (nSPS) is 12.1. The molecule has 0 saturated carbocycles. The molecule has 0 aliphatic carbocycles. The lowest BCUT2D eigenvalue weighted by atomic mass is 9.33. The molecule has 11 heteroatoms. The molecular formula is C86H55BN8O2. The fraction of sp³-hybridized carbons (Fsp3) is 0. The van der Waals surface area contributed by atoms with Crippen LogP contribution in [0.2, 0.25) is 0 Å². The van der Waals surface area contributed by atoms with Gasteiger partial charge in [0.2, 0.25) is 0 Å². The molecule has 2 aliphatic heterocycles. The number of benzene rings is 13. The highest BCUT2D eigenvalue weighted by Gasteiger charge is 2.43. The predicted molar refractivity (Wildman–Crippen MR) is 393 cm³/mol. The Balaban J connectivity index is 0.757. The van der Waals surface area contributed by atoms with Crippen LogP contribution in [-0.4, -0.2) is 42.2 Å². The van der Waals surface area contributed by atoms with Crippen LogP contribution in [0.5, 0.6) is 5.75 Å². The molecule has 0 amide bonds. The van der Waals surface area contributed by atoms with Crippen molar-refractivity contribution in [2.45, 2.75) is 0 Å². The Hall–Kier alpha value is -13.1. The van der Waals surface area contributed by atoms with Crippen LogP contribution in [0.1, 0.15) is 10.4 Å². The second-order valence-electron chi connectivity index (χ2n) is 24.3. The van der Waals surface area contributed by atoms with Gasteiger partial charge in [-0.1, -0.05) is 224 Å². The molecule has 97 heavy (non-hydrogen) atoms. The van der Waals surface area contributed by atoms with E-state index >= 15 is 0 Å². The maximum Gasteiger partial charge on any atom is 0.343 e. The van der Waals surface area contributed by atoms with Gasteiger partial charge < -0.3 is 19.1 Å². The number of hydrogen-bond acceptors (Lipinski definition) is 9. The Morgan fingerprint density at radius 1 is 0.309 bits per heavy atom. The van der Waals surface area contributed by atoms with Crippen LogP contribution in [0.3, 0.4) is 0 Å². The summed E-state index contributed by atoms with van der Waals surface area (Å²) in [4.78, 5) is 45.1. The topological polar surface area (TPSA) is 102 Å². The fourth-order valence-corrected chi connectivity index (χ4v) is 14.1. The quantitative estimate of drug-likeness (QED) is 0.0672. The Morgan fingerprint density at radius 2 is 0.763 bits per heavy atom. The molecule has 13 aromatic carbocycles. The Bertz CT molecular complexity index is 5640. The highest BCUT2D eigenvalue weighted by Crippen LogP contribution is 2.45. The van der Waals surface area contributed by atoms with Crippen molar-refractivity contribution in [3.63, 3.8) is 0 Å². The minimum atomic E-state index is -0.434. The van der Waals surface area contributed by atoms with Gasteiger partial charge in [0.1, 0.15) is 5.75 Å². The fourth-order valence-electron chi connectivity index (χ4n) is 14.1. The lowest BCUT2D eigenvalue weighted by molar-refractivity contribution is 0.0735. The average molecular weight is 1240 g/mol. The Labute approximate surface area is 560 Å². The third kappa shape index (κ3) is 10.1. The first-order chi connectivity index (χ1) is 48.0. The summed E-state index contributed by atoms with van der Waals surface area (Å²) in [6.45, 7) is 0.0608. The van der Waals surface area contributed by atoms with Crippen molar-refractivity contribution in [2.24, 2.45) is 0 Å². The number of nitrogens with zero attached hydrogens (tertiary/aromatic N) is 8. The molecule has 0 radical (unpaired) electrons. The molecule has 3 aromatic heterocycles. The van der Waals surface area contributed by atoms with E-state index in [-0.39, 0.29) is 6.71 Å². The SMILES string of the molecule is O=C(Oc1ccc2c(c1)c1ccccc1n2-c1ccc(-c2nc(-c3ccccc3)cc(-c3ccccc3)n2)cc1-c1nc(-c2ccccc2)nc(-c2ccc(-c3ccc(N4c5ccccc5B5c6ccccc6N(c6ccccc6)c6cccc4c65)cc3)cc2)n1)c1ccccc1. The number of rotatable bonds is 12. The molecule has 16 aromatic rings. The summed E-state index contributed by atoms with van der Waals surface area (Å²) in [5.74, 6) is 2.00. The van der Waals surface area contributed by atoms with Gasteiger partial charge in [-0.05, 0) is 137 Å². The predicted octanol–water partition coefficient (Wildman–Crippen LogP) is 18.7. The molecular weight excluding hydrogens is 1190 g/mol. The van der Waals surface area contributed by atoms with E-state index in [0.29, 0.717) is 40.2 Å². The number of anilines is 6. The largest absolute Gasteiger partial charge is 0.423 e. The number of ether oxygens (including phenoxy) is 1. The molecule has 0 spiro atoms. The minimum absolute atomic E-state index is 0.0608. The molecule has 454 valence electrons. The van der Waals surface area contributed by atoms with Crippen molar-refractivity contribution < 1.29 is 9.53 Å². The van der Waals surface area contributed by atoms with Crippen molar-refractivity contribution in [2.75, 3.05) is 9.80 Å². The van der Waals surface area contributed by atoms with Crippen molar-refractivity contribution in [1.82, 2.24) is 29.5 Å². The van der Waals surface area contributed by atoms with Crippen molar-refractivity contribution >= 4 is 85.0 Å². The zero-order chi connectivity index (χ0) is 64.3. The second kappa shape index (κ2) is 23.8. The summed E-state index contributed by atoms with van der Waals surface area (Å²) in [7, 11) is 0. The highest BCUT2D eigenvalue weighted by atomic mass is 16.5. The first-order valence-electron chi connectivity index (χ1n) is 32.5. The smallest absolute Gasteiger partial charge is 0.343 e. The van der Waals surface area contributed by atoms with Crippen LogP contribution >= 0.6 is 0 Å². The van der Waals surface area contributed by atoms with Gasteiger partial charge >= 0.3 is 5.97 Å². The van der Waals surface area contributed by atoms with Crippen LogP contribution in [0.15, 0.2) is 334 Å². The zero-order valence-electron chi connectivity index (χ0n) is 52.2.